The maximum absolute atomic E-state index is 14.0. The minimum atomic E-state index is -0.831. The van der Waals surface area contributed by atoms with Gasteiger partial charge in [0, 0.05) is 45.7 Å². The molecule has 1 unspecified atom stereocenters. The summed E-state index contributed by atoms with van der Waals surface area (Å²) in [6, 6.07) is 19.3. The van der Waals surface area contributed by atoms with Gasteiger partial charge in [-0.2, -0.15) is 0 Å². The third-order valence-electron chi connectivity index (χ3n) is 9.02. The van der Waals surface area contributed by atoms with Crippen molar-refractivity contribution in [1.29, 1.82) is 0 Å². The first-order valence-corrected chi connectivity index (χ1v) is 15.6. The van der Waals surface area contributed by atoms with Gasteiger partial charge in [-0.1, -0.05) is 81.4 Å². The van der Waals surface area contributed by atoms with Gasteiger partial charge in [-0.05, 0) is 37.4 Å². The molecule has 2 aliphatic heterocycles. The summed E-state index contributed by atoms with van der Waals surface area (Å²) in [6.45, 7) is 9.18. The molecule has 0 radical (unpaired) electrons. The zero-order valence-electron chi connectivity index (χ0n) is 26.0. The highest BCUT2D eigenvalue weighted by molar-refractivity contribution is 6.04. The van der Waals surface area contributed by atoms with Gasteiger partial charge in [0.25, 0.3) is 0 Å². The molecule has 0 bridgehead atoms. The third kappa shape index (κ3) is 6.99. The number of amides is 4. The maximum atomic E-state index is 14.0. The van der Waals surface area contributed by atoms with Crippen molar-refractivity contribution >= 4 is 23.6 Å². The second-order valence-corrected chi connectivity index (χ2v) is 11.6. The first kappa shape index (κ1) is 32.4. The lowest BCUT2D eigenvalue weighted by Gasteiger charge is -2.53. The smallest absolute Gasteiger partial charge is 0.248 e. The Morgan fingerprint density at radius 1 is 0.860 bits per heavy atom. The van der Waals surface area contributed by atoms with Crippen molar-refractivity contribution in [3.8, 4) is 0 Å². The van der Waals surface area contributed by atoms with E-state index in [1.807, 2.05) is 88.5 Å². The minimum absolute atomic E-state index is 0.0104. The molecule has 0 aliphatic carbocycles. The zero-order chi connectivity index (χ0) is 31.0. The summed E-state index contributed by atoms with van der Waals surface area (Å²) >= 11 is 0. The van der Waals surface area contributed by atoms with Crippen LogP contribution in [0.25, 0.3) is 0 Å². The number of hydrogen-bond donors (Lipinski definition) is 0. The highest BCUT2D eigenvalue weighted by atomic mass is 16.5. The number of β-lactam (4-membered cyclic amide) rings is 1. The molecule has 1 atom stereocenters. The summed E-state index contributed by atoms with van der Waals surface area (Å²) in [5.74, 6) is -1.36. The summed E-state index contributed by atoms with van der Waals surface area (Å²) in [4.78, 5) is 60.8. The number of benzene rings is 2. The molecule has 2 fully saturated rings. The second kappa shape index (κ2) is 14.8. The lowest BCUT2D eigenvalue weighted by atomic mass is 9.71. The van der Waals surface area contributed by atoms with E-state index in [0.717, 1.165) is 30.6 Å². The van der Waals surface area contributed by atoms with E-state index in [1.54, 1.807) is 9.80 Å². The van der Waals surface area contributed by atoms with E-state index in [2.05, 4.69) is 4.90 Å². The van der Waals surface area contributed by atoms with E-state index in [4.69, 9.17) is 4.74 Å². The maximum Gasteiger partial charge on any atom is 0.248 e. The molecule has 2 heterocycles. The summed E-state index contributed by atoms with van der Waals surface area (Å²) < 4.78 is 6.08. The average molecular weight is 591 g/mol. The molecule has 2 saturated heterocycles. The molecule has 9 heteroatoms. The molecule has 9 nitrogen and oxygen atoms in total. The summed E-state index contributed by atoms with van der Waals surface area (Å²) in [5, 5.41) is 0. The highest BCUT2D eigenvalue weighted by Crippen LogP contribution is 2.46. The summed E-state index contributed by atoms with van der Waals surface area (Å²) in [6.07, 6.45) is 0.943. The van der Waals surface area contributed by atoms with Crippen molar-refractivity contribution in [1.82, 2.24) is 19.6 Å². The van der Waals surface area contributed by atoms with Gasteiger partial charge in [-0.25, -0.2) is 0 Å². The van der Waals surface area contributed by atoms with Gasteiger partial charge >= 0.3 is 0 Å². The normalized spacial score (nSPS) is 18.4. The molecule has 4 rings (SSSR count). The topological polar surface area (TPSA) is 90.5 Å². The van der Waals surface area contributed by atoms with Gasteiger partial charge in [0.05, 0.1) is 11.3 Å². The quantitative estimate of drug-likeness (QED) is 0.330. The third-order valence-corrected chi connectivity index (χ3v) is 9.02. The molecule has 2 aromatic carbocycles. The molecule has 232 valence electrons. The van der Waals surface area contributed by atoms with Gasteiger partial charge < -0.3 is 19.4 Å². The largest absolute Gasteiger partial charge is 0.347 e. The Labute approximate surface area is 255 Å². The van der Waals surface area contributed by atoms with Crippen LogP contribution < -0.4 is 0 Å². The van der Waals surface area contributed by atoms with Crippen LogP contribution in [0.15, 0.2) is 60.7 Å². The van der Waals surface area contributed by atoms with Crippen LogP contribution >= 0.6 is 0 Å². The van der Waals surface area contributed by atoms with E-state index in [1.165, 1.54) is 4.90 Å². The Balaban J connectivity index is 1.46. The Bertz CT molecular complexity index is 1200. The van der Waals surface area contributed by atoms with E-state index in [9.17, 15) is 19.2 Å². The number of nitrogens with zero attached hydrogens (tertiary/aromatic N) is 4. The Hall–Kier alpha value is -3.56. The number of likely N-dealkylation sites (tertiary alicyclic amines) is 1. The molecular weight excluding hydrogens is 544 g/mol. The highest BCUT2D eigenvalue weighted by Gasteiger charge is 2.61. The first-order valence-electron chi connectivity index (χ1n) is 15.6. The number of likely N-dealkylation sites (N-methyl/N-ethyl adjacent to an activating group) is 1. The van der Waals surface area contributed by atoms with Crippen molar-refractivity contribution < 1.29 is 23.9 Å². The van der Waals surface area contributed by atoms with Crippen LogP contribution in [0.1, 0.15) is 63.5 Å². The molecular formula is C34H46N4O5. The lowest BCUT2D eigenvalue weighted by molar-refractivity contribution is -0.224. The van der Waals surface area contributed by atoms with Gasteiger partial charge in [-0.3, -0.25) is 24.1 Å². The summed E-state index contributed by atoms with van der Waals surface area (Å²) in [5.41, 5.74) is 0.944. The molecule has 0 spiro atoms. The van der Waals surface area contributed by atoms with Crippen LogP contribution in [0.4, 0.5) is 0 Å². The number of imide groups is 1. The molecule has 4 amide bonds. The van der Waals surface area contributed by atoms with Crippen molar-refractivity contribution in [2.75, 3.05) is 52.9 Å². The van der Waals surface area contributed by atoms with Gasteiger partial charge in [-0.15, -0.1) is 0 Å². The monoisotopic (exact) mass is 590 g/mol. The summed E-state index contributed by atoms with van der Waals surface area (Å²) in [7, 11) is 2.03. The van der Waals surface area contributed by atoms with E-state index < -0.39 is 17.6 Å². The number of carbonyl (C=O) groups is 4. The van der Waals surface area contributed by atoms with Crippen LogP contribution in [0.5, 0.6) is 0 Å². The van der Waals surface area contributed by atoms with Gasteiger partial charge in [0.1, 0.15) is 6.61 Å². The van der Waals surface area contributed by atoms with E-state index in [-0.39, 0.29) is 43.2 Å². The first-order chi connectivity index (χ1) is 20.8. The lowest BCUT2D eigenvalue weighted by Crippen LogP contribution is -2.71. The van der Waals surface area contributed by atoms with Crippen LogP contribution in [0.2, 0.25) is 0 Å². The number of carbonyl (C=O) groups excluding carboxylic acids is 4. The number of rotatable bonds is 13. The zero-order valence-corrected chi connectivity index (χ0v) is 26.0. The fourth-order valence-electron chi connectivity index (χ4n) is 6.21. The van der Waals surface area contributed by atoms with Crippen LogP contribution in [-0.2, 0) is 23.9 Å². The van der Waals surface area contributed by atoms with Crippen LogP contribution in [0.3, 0.4) is 0 Å². The minimum Gasteiger partial charge on any atom is -0.347 e. The Morgan fingerprint density at radius 2 is 1.42 bits per heavy atom. The van der Waals surface area contributed by atoms with Crippen molar-refractivity contribution in [3.05, 3.63) is 71.8 Å². The molecule has 0 saturated carbocycles. The fraction of sp³-hybridized carbons (Fsp3) is 0.529. The average Bonchev–Trinajstić information content (AvgIpc) is 3.03. The van der Waals surface area contributed by atoms with Crippen molar-refractivity contribution in [2.45, 2.75) is 58.6 Å². The number of piperazine rings is 1. The predicted octanol–water partition coefficient (Wildman–Crippen LogP) is 3.74. The molecule has 0 aromatic heterocycles. The molecule has 2 aromatic rings. The SMILES string of the molecule is CCCN(CCC(=O)N1C(=O)C(CC)(CC)C1OCC(=O)N1CCN(C)CC1)C(=O)C(c1ccccc1)c1ccccc1. The molecule has 43 heavy (non-hydrogen) atoms. The predicted molar refractivity (Wildman–Crippen MR) is 165 cm³/mol. The standard InChI is InChI=1S/C34H46N4O5/c1-5-19-37(31(41)30(26-14-10-8-11-15-26)27-16-12-9-13-17-27)20-18-28(39)38-32(42)34(6-2,7-3)33(38)43-25-29(40)36-23-21-35(4)22-24-36/h8-17,30,33H,5-7,18-25H2,1-4H3. The number of hydrogen-bond acceptors (Lipinski definition) is 6. The van der Waals surface area contributed by atoms with Gasteiger partial charge in [0.15, 0.2) is 6.23 Å². The van der Waals surface area contributed by atoms with Crippen LogP contribution in [-0.4, -0.2) is 102 Å². The molecule has 2 aliphatic rings. The van der Waals surface area contributed by atoms with Crippen LogP contribution in [0, 0.1) is 5.41 Å². The van der Waals surface area contributed by atoms with Crippen molar-refractivity contribution in [3.63, 3.8) is 0 Å². The van der Waals surface area contributed by atoms with Gasteiger partial charge in [0.2, 0.25) is 23.6 Å². The van der Waals surface area contributed by atoms with Crippen molar-refractivity contribution in [2.24, 2.45) is 5.41 Å². The number of ether oxygens (including phenoxy) is 1. The Kier molecular flexibility index (Phi) is 11.1. The molecule has 0 N–H and O–H groups in total. The second-order valence-electron chi connectivity index (χ2n) is 11.6. The van der Waals surface area contributed by atoms with E-state index in [0.29, 0.717) is 32.5 Å². The Morgan fingerprint density at radius 3 is 1.93 bits per heavy atom. The fourth-order valence-corrected chi connectivity index (χ4v) is 6.21. The van der Waals surface area contributed by atoms with E-state index >= 15 is 0 Å².